The van der Waals surface area contributed by atoms with E-state index in [1.807, 2.05) is 0 Å². The highest BCUT2D eigenvalue weighted by molar-refractivity contribution is 5.08. The molecule has 4 atom stereocenters. The van der Waals surface area contributed by atoms with E-state index in [-0.39, 0.29) is 0 Å². The summed E-state index contributed by atoms with van der Waals surface area (Å²) in [4.78, 5) is 2.57. The minimum Gasteiger partial charge on any atom is -0.362 e. The Bertz CT molecular complexity index is 310. The van der Waals surface area contributed by atoms with Crippen molar-refractivity contribution < 1.29 is 4.74 Å². The molecule has 2 aliphatic rings. The van der Waals surface area contributed by atoms with Crippen molar-refractivity contribution in [1.82, 2.24) is 4.90 Å². The zero-order valence-electron chi connectivity index (χ0n) is 12.6. The standard InChI is InChI=1S/C16H29NO/c1-11(2)16-17(6-7-18-16)10-15-13(4)8-12(3)9-14(15)5/h8,11,13-16H,6-7,9-10H2,1-5H3/t13-,14+,15-,16+/m0/s1. The highest BCUT2D eigenvalue weighted by Gasteiger charge is 2.34. The Morgan fingerprint density at radius 1 is 1.39 bits per heavy atom. The van der Waals surface area contributed by atoms with Crippen molar-refractivity contribution >= 4 is 0 Å². The largest absolute Gasteiger partial charge is 0.362 e. The highest BCUT2D eigenvalue weighted by Crippen LogP contribution is 2.35. The van der Waals surface area contributed by atoms with Crippen LogP contribution >= 0.6 is 0 Å². The monoisotopic (exact) mass is 251 g/mol. The van der Waals surface area contributed by atoms with Gasteiger partial charge in [-0.1, -0.05) is 39.3 Å². The van der Waals surface area contributed by atoms with Crippen molar-refractivity contribution in [3.8, 4) is 0 Å². The van der Waals surface area contributed by atoms with Gasteiger partial charge in [0.15, 0.2) is 0 Å². The van der Waals surface area contributed by atoms with Gasteiger partial charge >= 0.3 is 0 Å². The lowest BCUT2D eigenvalue weighted by Crippen LogP contribution is -2.41. The third-order valence-corrected chi connectivity index (χ3v) is 4.64. The third kappa shape index (κ3) is 2.97. The lowest BCUT2D eigenvalue weighted by molar-refractivity contribution is -0.0144. The molecule has 0 aromatic heterocycles. The molecule has 0 aromatic rings. The van der Waals surface area contributed by atoms with Crippen LogP contribution in [0.15, 0.2) is 11.6 Å². The fourth-order valence-corrected chi connectivity index (χ4v) is 3.77. The number of nitrogens with zero attached hydrogens (tertiary/aromatic N) is 1. The van der Waals surface area contributed by atoms with Gasteiger partial charge in [-0.15, -0.1) is 0 Å². The summed E-state index contributed by atoms with van der Waals surface area (Å²) in [5, 5.41) is 0. The number of allylic oxidation sites excluding steroid dienone is 2. The number of hydrogen-bond donors (Lipinski definition) is 0. The number of ether oxygens (including phenoxy) is 1. The molecule has 0 unspecified atom stereocenters. The van der Waals surface area contributed by atoms with Gasteiger partial charge < -0.3 is 4.74 Å². The van der Waals surface area contributed by atoms with Crippen LogP contribution in [0.4, 0.5) is 0 Å². The molecular weight excluding hydrogens is 222 g/mol. The van der Waals surface area contributed by atoms with E-state index < -0.39 is 0 Å². The summed E-state index contributed by atoms with van der Waals surface area (Å²) >= 11 is 0. The molecule has 1 aliphatic carbocycles. The molecule has 0 aromatic carbocycles. The molecule has 18 heavy (non-hydrogen) atoms. The van der Waals surface area contributed by atoms with Gasteiger partial charge in [-0.2, -0.15) is 0 Å². The first-order valence-corrected chi connectivity index (χ1v) is 7.52. The van der Waals surface area contributed by atoms with Gasteiger partial charge in [0.2, 0.25) is 0 Å². The zero-order valence-corrected chi connectivity index (χ0v) is 12.6. The molecule has 1 heterocycles. The molecule has 1 saturated heterocycles. The summed E-state index contributed by atoms with van der Waals surface area (Å²) in [6, 6.07) is 0. The maximum atomic E-state index is 5.87. The lowest BCUT2D eigenvalue weighted by Gasteiger charge is -2.37. The van der Waals surface area contributed by atoms with Crippen LogP contribution in [0.25, 0.3) is 0 Å². The van der Waals surface area contributed by atoms with Crippen molar-refractivity contribution in [2.24, 2.45) is 23.7 Å². The van der Waals surface area contributed by atoms with Crippen molar-refractivity contribution in [2.45, 2.75) is 47.3 Å². The molecule has 0 N–H and O–H groups in total. The SMILES string of the molecule is CC1=C[C@H](C)[C@H](CN2CCO[C@@H]2C(C)C)[C@H](C)C1. The van der Waals surface area contributed by atoms with Crippen molar-refractivity contribution in [1.29, 1.82) is 0 Å². The Morgan fingerprint density at radius 2 is 2.11 bits per heavy atom. The fraction of sp³-hybridized carbons (Fsp3) is 0.875. The lowest BCUT2D eigenvalue weighted by atomic mass is 9.74. The molecule has 0 spiro atoms. The fourth-order valence-electron chi connectivity index (χ4n) is 3.77. The van der Waals surface area contributed by atoms with Crippen LogP contribution in [0, 0.1) is 23.7 Å². The molecule has 2 rings (SSSR count). The van der Waals surface area contributed by atoms with Crippen LogP contribution in [0.5, 0.6) is 0 Å². The smallest absolute Gasteiger partial charge is 0.113 e. The van der Waals surface area contributed by atoms with E-state index in [0.717, 1.165) is 25.0 Å². The second-order valence-electron chi connectivity index (χ2n) is 6.72. The third-order valence-electron chi connectivity index (χ3n) is 4.64. The molecule has 0 saturated carbocycles. The Hall–Kier alpha value is -0.340. The summed E-state index contributed by atoms with van der Waals surface area (Å²) < 4.78 is 5.87. The minimum absolute atomic E-state index is 0.344. The highest BCUT2D eigenvalue weighted by atomic mass is 16.5. The first-order valence-electron chi connectivity index (χ1n) is 7.52. The summed E-state index contributed by atoms with van der Waals surface area (Å²) in [5.41, 5.74) is 1.57. The van der Waals surface area contributed by atoms with Gasteiger partial charge in [-0.25, -0.2) is 0 Å². The molecular formula is C16H29NO. The van der Waals surface area contributed by atoms with Crippen molar-refractivity contribution in [3.63, 3.8) is 0 Å². The molecule has 0 amide bonds. The molecule has 0 bridgehead atoms. The Morgan fingerprint density at radius 3 is 2.72 bits per heavy atom. The Labute approximate surface area is 112 Å². The number of rotatable bonds is 3. The second kappa shape index (κ2) is 5.75. The summed E-state index contributed by atoms with van der Waals surface area (Å²) in [6.07, 6.45) is 4.10. The maximum absolute atomic E-state index is 5.87. The molecule has 104 valence electrons. The van der Waals surface area contributed by atoms with Crippen molar-refractivity contribution in [3.05, 3.63) is 11.6 Å². The van der Waals surface area contributed by atoms with Gasteiger partial charge in [0.25, 0.3) is 0 Å². The predicted octanol–water partition coefficient (Wildman–Crippen LogP) is 3.54. The van der Waals surface area contributed by atoms with Crippen LogP contribution < -0.4 is 0 Å². The van der Waals surface area contributed by atoms with Crippen LogP contribution in [-0.4, -0.2) is 30.8 Å². The second-order valence-corrected chi connectivity index (χ2v) is 6.72. The van der Waals surface area contributed by atoms with E-state index in [1.165, 1.54) is 13.0 Å². The first-order chi connectivity index (χ1) is 8.49. The van der Waals surface area contributed by atoms with E-state index in [2.05, 4.69) is 45.6 Å². The Kier molecular flexibility index (Phi) is 4.50. The van der Waals surface area contributed by atoms with Gasteiger partial charge in [-0.05, 0) is 37.0 Å². The molecule has 1 fully saturated rings. The quantitative estimate of drug-likeness (QED) is 0.711. The summed E-state index contributed by atoms with van der Waals surface area (Å²) in [6.45, 7) is 14.8. The van der Waals surface area contributed by atoms with E-state index >= 15 is 0 Å². The van der Waals surface area contributed by atoms with Crippen LogP contribution in [0.1, 0.15) is 41.0 Å². The van der Waals surface area contributed by atoms with E-state index in [9.17, 15) is 0 Å². The Balaban J connectivity index is 2.00. The molecule has 1 aliphatic heterocycles. The minimum atomic E-state index is 0.344. The molecule has 2 heteroatoms. The summed E-state index contributed by atoms with van der Waals surface area (Å²) in [7, 11) is 0. The first kappa shape index (κ1) is 14.1. The molecule has 2 nitrogen and oxygen atoms in total. The van der Waals surface area contributed by atoms with Crippen LogP contribution in [0.2, 0.25) is 0 Å². The van der Waals surface area contributed by atoms with Crippen molar-refractivity contribution in [2.75, 3.05) is 19.7 Å². The maximum Gasteiger partial charge on any atom is 0.113 e. The normalized spacial score (nSPS) is 38.2. The van der Waals surface area contributed by atoms with Gasteiger partial charge in [-0.3, -0.25) is 4.90 Å². The van der Waals surface area contributed by atoms with Crippen LogP contribution in [-0.2, 0) is 4.74 Å². The van der Waals surface area contributed by atoms with Gasteiger partial charge in [0, 0.05) is 13.1 Å². The number of hydrogen-bond acceptors (Lipinski definition) is 2. The predicted molar refractivity (Wildman–Crippen MR) is 76.3 cm³/mol. The van der Waals surface area contributed by atoms with Crippen LogP contribution in [0.3, 0.4) is 0 Å². The summed E-state index contributed by atoms with van der Waals surface area (Å²) in [5.74, 6) is 2.90. The topological polar surface area (TPSA) is 12.5 Å². The molecule has 0 radical (unpaired) electrons. The van der Waals surface area contributed by atoms with E-state index in [4.69, 9.17) is 4.74 Å². The van der Waals surface area contributed by atoms with E-state index in [1.54, 1.807) is 5.57 Å². The zero-order chi connectivity index (χ0) is 13.3. The average molecular weight is 251 g/mol. The van der Waals surface area contributed by atoms with E-state index in [0.29, 0.717) is 18.1 Å². The van der Waals surface area contributed by atoms with Gasteiger partial charge in [0.1, 0.15) is 6.23 Å². The van der Waals surface area contributed by atoms with Gasteiger partial charge in [0.05, 0.1) is 6.61 Å². The average Bonchev–Trinajstić information content (AvgIpc) is 2.71.